The first-order valence-electron chi connectivity index (χ1n) is 17.0. The summed E-state index contributed by atoms with van der Waals surface area (Å²) in [6.45, 7) is 4.96. The smallest absolute Gasteiger partial charge is 0.410 e. The summed E-state index contributed by atoms with van der Waals surface area (Å²) in [4.78, 5) is 29.7. The van der Waals surface area contributed by atoms with Crippen LogP contribution in [-0.4, -0.2) is 93.1 Å². The summed E-state index contributed by atoms with van der Waals surface area (Å²) in [5.74, 6) is 0.801. The molecule has 8 rings (SSSR count). The van der Waals surface area contributed by atoms with Crippen LogP contribution in [0.2, 0.25) is 0 Å². The van der Waals surface area contributed by atoms with Crippen molar-refractivity contribution in [2.75, 3.05) is 45.2 Å². The summed E-state index contributed by atoms with van der Waals surface area (Å²) in [6, 6.07) is 23.3. The van der Waals surface area contributed by atoms with Crippen LogP contribution >= 0.6 is 0 Å². The van der Waals surface area contributed by atoms with Gasteiger partial charge in [0.05, 0.1) is 23.9 Å². The monoisotopic (exact) mass is 659 g/mol. The molecular formula is C38H41N7O4. The summed E-state index contributed by atoms with van der Waals surface area (Å²) >= 11 is 0. The first-order valence-corrected chi connectivity index (χ1v) is 17.0. The van der Waals surface area contributed by atoms with E-state index in [1.165, 1.54) is 0 Å². The van der Waals surface area contributed by atoms with Gasteiger partial charge in [0.15, 0.2) is 11.3 Å². The number of aromatic nitrogens is 4. The van der Waals surface area contributed by atoms with Gasteiger partial charge in [-0.05, 0) is 81.2 Å². The average Bonchev–Trinajstić information content (AvgIpc) is 3.82. The van der Waals surface area contributed by atoms with E-state index in [0.29, 0.717) is 48.3 Å². The molecule has 2 bridgehead atoms. The number of carbonyl (C=O) groups excluding carboxylic acids is 1. The third-order valence-corrected chi connectivity index (χ3v) is 10.3. The number of ether oxygens (including phenoxy) is 2. The van der Waals surface area contributed by atoms with Crippen LogP contribution in [0.3, 0.4) is 0 Å². The maximum Gasteiger partial charge on any atom is 0.410 e. The Balaban J connectivity index is 1.13. The van der Waals surface area contributed by atoms with E-state index in [1.54, 1.807) is 12.1 Å². The standard InChI is InChI=1S/C38H41N7O4/c1-37-14-13-27(45(37)36(47)48-21-25-9-5-4-6-10-25)20-44(22-37)34-33-32(39-35(40-34)49-24-38(15-16-38)23-43(2)3)19-31(41-42-33)30-18-28(46)17-26-11-7-8-12-29(26)30/h4-12,17-19,27,46H,13-16,20-24H2,1-3H3/t27-,37+/m1/s1. The van der Waals surface area contributed by atoms with Gasteiger partial charge in [0.25, 0.3) is 0 Å². The molecule has 0 unspecified atom stereocenters. The molecule has 1 N–H and O–H groups in total. The SMILES string of the molecule is CN(C)CC1(COc2nc(N3C[C@H]4CC[C@@](C)(C3)N4C(=O)OCc3ccccc3)c3nnc(-c4cc(O)cc5ccccc45)cc3n2)CC1. The lowest BCUT2D eigenvalue weighted by Gasteiger charge is -2.47. The minimum Gasteiger partial charge on any atom is -0.508 e. The number of carbonyl (C=O) groups is 1. The first-order chi connectivity index (χ1) is 23.7. The van der Waals surface area contributed by atoms with E-state index in [9.17, 15) is 9.90 Å². The molecule has 5 aromatic rings. The normalized spacial score (nSPS) is 21.0. The zero-order chi connectivity index (χ0) is 33.8. The van der Waals surface area contributed by atoms with E-state index in [0.717, 1.165) is 54.1 Å². The number of fused-ring (bicyclic) bond motifs is 4. The Morgan fingerprint density at radius 3 is 2.57 bits per heavy atom. The molecule has 11 heteroatoms. The van der Waals surface area contributed by atoms with Crippen LogP contribution in [0.25, 0.3) is 33.1 Å². The highest BCUT2D eigenvalue weighted by molar-refractivity contribution is 5.98. The predicted octanol–water partition coefficient (Wildman–Crippen LogP) is 6.05. The molecule has 252 valence electrons. The van der Waals surface area contributed by atoms with Gasteiger partial charge in [-0.2, -0.15) is 9.97 Å². The number of amides is 1. The van der Waals surface area contributed by atoms with E-state index in [1.807, 2.05) is 65.6 Å². The predicted molar refractivity (Wildman–Crippen MR) is 188 cm³/mol. The third kappa shape index (κ3) is 6.07. The summed E-state index contributed by atoms with van der Waals surface area (Å²) < 4.78 is 12.2. The summed E-state index contributed by atoms with van der Waals surface area (Å²) in [5, 5.41) is 21.8. The summed E-state index contributed by atoms with van der Waals surface area (Å²) in [5.41, 5.74) is 3.15. The molecule has 2 atom stereocenters. The second-order valence-corrected chi connectivity index (χ2v) is 14.5. The maximum atomic E-state index is 13.5. The van der Waals surface area contributed by atoms with Gasteiger partial charge in [0, 0.05) is 30.6 Å². The van der Waals surface area contributed by atoms with E-state index in [4.69, 9.17) is 24.5 Å². The van der Waals surface area contributed by atoms with E-state index in [2.05, 4.69) is 35.9 Å². The molecular weight excluding hydrogens is 618 g/mol. The highest BCUT2D eigenvalue weighted by Gasteiger charge is 2.52. The van der Waals surface area contributed by atoms with Crippen molar-refractivity contribution in [3.8, 4) is 23.0 Å². The lowest BCUT2D eigenvalue weighted by Crippen LogP contribution is -2.62. The van der Waals surface area contributed by atoms with Gasteiger partial charge in [-0.1, -0.05) is 54.6 Å². The van der Waals surface area contributed by atoms with Crippen molar-refractivity contribution in [1.82, 2.24) is 30.0 Å². The molecule has 11 nitrogen and oxygen atoms in total. The fourth-order valence-corrected chi connectivity index (χ4v) is 7.78. The maximum absolute atomic E-state index is 13.5. The molecule has 0 spiro atoms. The van der Waals surface area contributed by atoms with Gasteiger partial charge in [-0.25, -0.2) is 4.79 Å². The second kappa shape index (κ2) is 12.1. The van der Waals surface area contributed by atoms with Gasteiger partial charge in [0.2, 0.25) is 0 Å². The Kier molecular flexibility index (Phi) is 7.74. The van der Waals surface area contributed by atoms with Gasteiger partial charge < -0.3 is 24.4 Å². The number of nitrogens with zero attached hydrogens (tertiary/aromatic N) is 7. The van der Waals surface area contributed by atoms with Crippen molar-refractivity contribution < 1.29 is 19.4 Å². The van der Waals surface area contributed by atoms with Crippen molar-refractivity contribution in [3.05, 3.63) is 78.4 Å². The van der Waals surface area contributed by atoms with Crippen LogP contribution in [-0.2, 0) is 11.3 Å². The van der Waals surface area contributed by atoms with E-state index >= 15 is 0 Å². The van der Waals surface area contributed by atoms with Crippen molar-refractivity contribution in [1.29, 1.82) is 0 Å². The second-order valence-electron chi connectivity index (χ2n) is 14.5. The fourth-order valence-electron chi connectivity index (χ4n) is 7.78. The van der Waals surface area contributed by atoms with Gasteiger partial charge in [-0.15, -0.1) is 10.2 Å². The van der Waals surface area contributed by atoms with Crippen molar-refractivity contribution >= 4 is 33.7 Å². The lowest BCUT2D eigenvalue weighted by atomic mass is 9.98. The number of hydrogen-bond acceptors (Lipinski definition) is 10. The Labute approximate surface area is 285 Å². The molecule has 1 aliphatic carbocycles. The largest absolute Gasteiger partial charge is 0.508 e. The average molecular weight is 660 g/mol. The Morgan fingerprint density at radius 2 is 1.80 bits per heavy atom. The fraction of sp³-hybridized carbons (Fsp3) is 0.395. The molecule has 3 aromatic carbocycles. The lowest BCUT2D eigenvalue weighted by molar-refractivity contribution is 0.0467. The van der Waals surface area contributed by atoms with E-state index in [-0.39, 0.29) is 29.9 Å². The third-order valence-electron chi connectivity index (χ3n) is 10.3. The number of benzene rings is 3. The number of phenolic OH excluding ortho intramolecular Hbond substituents is 1. The van der Waals surface area contributed by atoms with E-state index < -0.39 is 5.54 Å². The molecule has 4 heterocycles. The first kappa shape index (κ1) is 31.3. The zero-order valence-electron chi connectivity index (χ0n) is 28.2. The summed E-state index contributed by atoms with van der Waals surface area (Å²) in [7, 11) is 4.17. The molecule has 0 radical (unpaired) electrons. The van der Waals surface area contributed by atoms with Gasteiger partial charge >= 0.3 is 12.1 Å². The van der Waals surface area contributed by atoms with Gasteiger partial charge in [0.1, 0.15) is 17.9 Å². The number of hydrogen-bond donors (Lipinski definition) is 1. The van der Waals surface area contributed by atoms with Crippen LogP contribution in [0.15, 0.2) is 72.8 Å². The number of phenols is 1. The minimum atomic E-state index is -0.452. The molecule has 49 heavy (non-hydrogen) atoms. The minimum absolute atomic E-state index is 0.0443. The number of piperazine rings is 1. The van der Waals surface area contributed by atoms with Crippen molar-refractivity contribution in [2.24, 2.45) is 5.41 Å². The van der Waals surface area contributed by atoms with Crippen molar-refractivity contribution in [3.63, 3.8) is 0 Å². The molecule has 2 aromatic heterocycles. The molecule has 1 saturated carbocycles. The number of aromatic hydroxyl groups is 1. The quantitative estimate of drug-likeness (QED) is 0.201. The Hall–Kier alpha value is -5.03. The highest BCUT2D eigenvalue weighted by atomic mass is 16.6. The molecule has 2 aliphatic heterocycles. The van der Waals surface area contributed by atoms with Crippen LogP contribution in [0.4, 0.5) is 10.6 Å². The molecule has 2 saturated heterocycles. The Bertz CT molecular complexity index is 2040. The highest BCUT2D eigenvalue weighted by Crippen LogP contribution is 2.46. The van der Waals surface area contributed by atoms with Crippen LogP contribution in [0, 0.1) is 5.41 Å². The molecule has 3 aliphatic rings. The molecule has 1 amide bonds. The van der Waals surface area contributed by atoms with Crippen LogP contribution in [0.5, 0.6) is 11.8 Å². The summed E-state index contributed by atoms with van der Waals surface area (Å²) in [6.07, 6.45) is 3.65. The van der Waals surface area contributed by atoms with Crippen LogP contribution < -0.4 is 9.64 Å². The van der Waals surface area contributed by atoms with Crippen LogP contribution in [0.1, 0.15) is 38.2 Å². The molecule has 3 fully saturated rings. The van der Waals surface area contributed by atoms with Gasteiger partial charge in [-0.3, -0.25) is 4.90 Å². The number of anilines is 1. The Morgan fingerprint density at radius 1 is 1.00 bits per heavy atom. The zero-order valence-corrected chi connectivity index (χ0v) is 28.2. The topological polar surface area (TPSA) is 117 Å². The number of rotatable bonds is 9. The van der Waals surface area contributed by atoms with Crippen molar-refractivity contribution in [2.45, 2.75) is 50.8 Å².